The van der Waals surface area contributed by atoms with Crippen LogP contribution in [0.5, 0.6) is 0 Å². The second kappa shape index (κ2) is 11.8. The van der Waals surface area contributed by atoms with Gasteiger partial charge in [-0.3, -0.25) is 4.79 Å². The van der Waals surface area contributed by atoms with Crippen LogP contribution in [0, 0.1) is 11.6 Å². The van der Waals surface area contributed by atoms with Crippen molar-refractivity contribution in [1.29, 1.82) is 0 Å². The number of benzene rings is 3. The van der Waals surface area contributed by atoms with E-state index < -0.39 is 41.5 Å². The first-order valence-corrected chi connectivity index (χ1v) is 11.6. The molecule has 0 saturated carbocycles. The Balaban J connectivity index is 1.92. The molecule has 0 aliphatic carbocycles. The van der Waals surface area contributed by atoms with Gasteiger partial charge in [0.1, 0.15) is 11.5 Å². The molecule has 0 aliphatic heterocycles. The van der Waals surface area contributed by atoms with Crippen LogP contribution < -0.4 is 4.90 Å². The number of carbonyl (C=O) groups excluding carboxylic acids is 2. The molecule has 3 aromatic rings. The zero-order chi connectivity index (χ0) is 25.6. The minimum Gasteiger partial charge on any atom is -0.462 e. The Hall–Kier alpha value is -2.71. The fourth-order valence-corrected chi connectivity index (χ4v) is 3.82. The smallest absolute Gasteiger partial charge is 0.338 e. The normalized spacial score (nSPS) is 12.6. The largest absolute Gasteiger partial charge is 0.462 e. The molecule has 1 atom stereocenters. The van der Waals surface area contributed by atoms with Crippen molar-refractivity contribution in [3.63, 3.8) is 0 Å². The molecule has 1 amide bonds. The first-order valence-electron chi connectivity index (χ1n) is 10.4. The Labute approximate surface area is 215 Å². The molecule has 0 bridgehead atoms. The maximum Gasteiger partial charge on any atom is 0.338 e. The van der Waals surface area contributed by atoms with Crippen LogP contribution in [-0.4, -0.2) is 36.0 Å². The van der Waals surface area contributed by atoms with E-state index in [4.69, 9.17) is 39.5 Å². The number of alkyl halides is 1. The molecule has 0 saturated heterocycles. The Kier molecular flexibility index (Phi) is 9.08. The van der Waals surface area contributed by atoms with Crippen molar-refractivity contribution in [2.45, 2.75) is 12.0 Å². The van der Waals surface area contributed by atoms with E-state index in [-0.39, 0.29) is 34.3 Å². The summed E-state index contributed by atoms with van der Waals surface area (Å²) in [7, 11) is 0. The number of halogens is 5. The van der Waals surface area contributed by atoms with E-state index in [2.05, 4.69) is 0 Å². The number of anilines is 1. The highest BCUT2D eigenvalue weighted by atomic mass is 35.5. The Morgan fingerprint density at radius 3 is 2.29 bits per heavy atom. The van der Waals surface area contributed by atoms with E-state index >= 15 is 0 Å². The van der Waals surface area contributed by atoms with E-state index in [1.54, 1.807) is 30.3 Å². The monoisotopic (exact) mass is 541 g/mol. The van der Waals surface area contributed by atoms with E-state index in [0.29, 0.717) is 5.56 Å². The van der Waals surface area contributed by atoms with Crippen LogP contribution in [0.3, 0.4) is 0 Å². The quantitative estimate of drug-likeness (QED) is 0.267. The average molecular weight is 543 g/mol. The van der Waals surface area contributed by atoms with Crippen LogP contribution >= 0.6 is 34.8 Å². The lowest BCUT2D eigenvalue weighted by molar-refractivity contribution is -0.117. The lowest BCUT2D eigenvalue weighted by atomic mass is 9.89. The van der Waals surface area contributed by atoms with Crippen LogP contribution in [0.25, 0.3) is 0 Å². The second-order valence-corrected chi connectivity index (χ2v) is 8.71. The van der Waals surface area contributed by atoms with Gasteiger partial charge in [-0.25, -0.2) is 13.6 Å². The minimum atomic E-state index is -1.84. The zero-order valence-electron chi connectivity index (χ0n) is 18.2. The summed E-state index contributed by atoms with van der Waals surface area (Å²) in [5, 5.41) is 12.1. The van der Waals surface area contributed by atoms with Crippen LogP contribution in [0.4, 0.5) is 14.5 Å². The van der Waals surface area contributed by atoms with Gasteiger partial charge in [0.2, 0.25) is 5.91 Å². The Bertz CT molecular complexity index is 1210. The highest BCUT2D eigenvalue weighted by Crippen LogP contribution is 2.33. The third kappa shape index (κ3) is 6.70. The van der Waals surface area contributed by atoms with Crippen LogP contribution in [0.15, 0.2) is 66.7 Å². The zero-order valence-corrected chi connectivity index (χ0v) is 20.5. The van der Waals surface area contributed by atoms with E-state index in [0.717, 1.165) is 17.0 Å². The van der Waals surface area contributed by atoms with Gasteiger partial charge in [0.15, 0.2) is 11.6 Å². The third-order valence-electron chi connectivity index (χ3n) is 5.27. The Morgan fingerprint density at radius 2 is 1.66 bits per heavy atom. The molecule has 0 fully saturated rings. The number of nitrogens with zero attached hydrogens (tertiary/aromatic N) is 1. The van der Waals surface area contributed by atoms with Gasteiger partial charge in [-0.1, -0.05) is 47.5 Å². The Morgan fingerprint density at radius 1 is 0.943 bits per heavy atom. The summed E-state index contributed by atoms with van der Waals surface area (Å²) in [5.41, 5.74) is -1.27. The van der Waals surface area contributed by atoms with E-state index in [9.17, 15) is 23.5 Å². The van der Waals surface area contributed by atoms with Gasteiger partial charge in [0.25, 0.3) is 0 Å². The summed E-state index contributed by atoms with van der Waals surface area (Å²) in [5.74, 6) is -4.03. The fourth-order valence-electron chi connectivity index (χ4n) is 3.38. The van der Waals surface area contributed by atoms with Gasteiger partial charge in [-0.2, -0.15) is 0 Å². The fraction of sp³-hybridized carbons (Fsp3) is 0.200. The van der Waals surface area contributed by atoms with Crippen molar-refractivity contribution in [3.05, 3.63) is 99.5 Å². The molecule has 0 spiro atoms. The molecule has 5 nitrogen and oxygen atoms in total. The molecular weight excluding hydrogens is 523 g/mol. The molecule has 3 rings (SSSR count). The van der Waals surface area contributed by atoms with Crippen molar-refractivity contribution in [2.24, 2.45) is 0 Å². The number of hydrogen-bond acceptors (Lipinski definition) is 4. The molecule has 3 aromatic carbocycles. The third-order valence-corrected chi connectivity index (χ3v) is 6.23. The molecule has 0 radical (unpaired) electrons. The maximum atomic E-state index is 13.9. The lowest BCUT2D eigenvalue weighted by Crippen LogP contribution is -2.45. The summed E-state index contributed by atoms with van der Waals surface area (Å²) in [6.45, 7) is -0.657. The van der Waals surface area contributed by atoms with E-state index in [1.165, 1.54) is 24.3 Å². The highest BCUT2D eigenvalue weighted by Gasteiger charge is 2.35. The van der Waals surface area contributed by atoms with Gasteiger partial charge >= 0.3 is 5.97 Å². The predicted molar refractivity (Wildman–Crippen MR) is 131 cm³/mol. The van der Waals surface area contributed by atoms with Crippen LogP contribution in [0.2, 0.25) is 10.0 Å². The molecule has 1 N–H and O–H groups in total. The van der Waals surface area contributed by atoms with Gasteiger partial charge in [-0.05, 0) is 42.0 Å². The number of rotatable bonds is 9. The van der Waals surface area contributed by atoms with Crippen molar-refractivity contribution in [2.75, 3.05) is 23.9 Å². The summed E-state index contributed by atoms with van der Waals surface area (Å²) < 4.78 is 32.7. The molecular formula is C25H20Cl3F2NO4. The first kappa shape index (κ1) is 26.9. The lowest BCUT2D eigenvalue weighted by Gasteiger charge is -2.35. The maximum absolute atomic E-state index is 13.9. The minimum absolute atomic E-state index is 0.0192. The summed E-state index contributed by atoms with van der Waals surface area (Å²) in [6.07, 6.45) is -0.167. The van der Waals surface area contributed by atoms with Gasteiger partial charge in [-0.15, -0.1) is 11.6 Å². The number of hydrogen-bond donors (Lipinski definition) is 1. The van der Waals surface area contributed by atoms with Gasteiger partial charge in [0, 0.05) is 18.2 Å². The second-order valence-electron chi connectivity index (χ2n) is 7.62. The molecule has 0 heterocycles. The van der Waals surface area contributed by atoms with Crippen molar-refractivity contribution in [1.82, 2.24) is 0 Å². The number of aliphatic hydroxyl groups is 1. The molecule has 10 heteroatoms. The van der Waals surface area contributed by atoms with Gasteiger partial charge < -0.3 is 14.7 Å². The topological polar surface area (TPSA) is 66.8 Å². The highest BCUT2D eigenvalue weighted by molar-refractivity contribution is 6.42. The first-order chi connectivity index (χ1) is 16.6. The number of esters is 1. The van der Waals surface area contributed by atoms with Crippen LogP contribution in [0.1, 0.15) is 22.3 Å². The predicted octanol–water partition coefficient (Wildman–Crippen LogP) is 5.98. The van der Waals surface area contributed by atoms with E-state index in [1.807, 2.05) is 0 Å². The molecule has 35 heavy (non-hydrogen) atoms. The average Bonchev–Trinajstić information content (AvgIpc) is 2.86. The van der Waals surface area contributed by atoms with Crippen molar-refractivity contribution >= 4 is 52.4 Å². The molecule has 1 unspecified atom stereocenters. The number of amides is 1. The summed E-state index contributed by atoms with van der Waals surface area (Å²) in [6, 6.07) is 15.5. The van der Waals surface area contributed by atoms with Gasteiger partial charge in [0.05, 0.1) is 28.8 Å². The standard InChI is InChI=1S/C25H20Cl3F2NO4/c26-14-23(32)31(18-7-9-21(29)22(30)13-18)15-25(34,17-6-8-19(27)20(28)12-17)10-11-35-24(33)16-4-2-1-3-5-16/h1-9,12-13,34H,10-11,14-15H2. The summed E-state index contributed by atoms with van der Waals surface area (Å²) in [4.78, 5) is 26.0. The van der Waals surface area contributed by atoms with Crippen molar-refractivity contribution in [3.8, 4) is 0 Å². The van der Waals surface area contributed by atoms with Crippen LogP contribution in [-0.2, 0) is 15.1 Å². The molecule has 0 aromatic heterocycles. The molecule has 0 aliphatic rings. The molecule has 184 valence electrons. The SMILES string of the molecule is O=C(OCCC(O)(CN(C(=O)CCl)c1ccc(F)c(F)c1)c1ccc(Cl)c(Cl)c1)c1ccccc1. The number of ether oxygens (including phenoxy) is 1. The summed E-state index contributed by atoms with van der Waals surface area (Å²) >= 11 is 17.9. The van der Waals surface area contributed by atoms with Crippen molar-refractivity contribution < 1.29 is 28.2 Å². The number of carbonyl (C=O) groups is 2.